The molecule has 25 heavy (non-hydrogen) atoms. The lowest BCUT2D eigenvalue weighted by Crippen LogP contribution is -2.32. The van der Waals surface area contributed by atoms with Crippen molar-refractivity contribution in [1.82, 2.24) is 0 Å². The first-order valence-corrected chi connectivity index (χ1v) is 10.3. The van der Waals surface area contributed by atoms with Crippen LogP contribution in [0.1, 0.15) is 35.7 Å². The number of benzene rings is 2. The summed E-state index contributed by atoms with van der Waals surface area (Å²) in [6.45, 7) is 4.56. The molecule has 1 fully saturated rings. The number of carbonyl (C=O) groups excluding carboxylic acids is 1. The minimum absolute atomic E-state index is 0.0600. The topological polar surface area (TPSA) is 32.3 Å². The Kier molecular flexibility index (Phi) is 6.03. The number of piperidine rings is 1. The van der Waals surface area contributed by atoms with E-state index in [0.717, 1.165) is 30.4 Å². The summed E-state index contributed by atoms with van der Waals surface area (Å²) in [5, 5.41) is 2.98. The zero-order chi connectivity index (χ0) is 17.6. The highest BCUT2D eigenvalue weighted by Crippen LogP contribution is 2.24. The highest BCUT2D eigenvalue weighted by molar-refractivity contribution is 7.97. The number of thioether (sulfide) groups is 1. The highest BCUT2D eigenvalue weighted by atomic mass is 32.2. The fourth-order valence-corrected chi connectivity index (χ4v) is 3.67. The molecule has 0 spiro atoms. The van der Waals surface area contributed by atoms with Gasteiger partial charge in [0.05, 0.1) is 0 Å². The van der Waals surface area contributed by atoms with Crippen molar-refractivity contribution in [3.63, 3.8) is 0 Å². The van der Waals surface area contributed by atoms with Crippen LogP contribution in [0.5, 0.6) is 0 Å². The van der Waals surface area contributed by atoms with E-state index in [1.807, 2.05) is 36.4 Å². The van der Waals surface area contributed by atoms with Crippen molar-refractivity contribution in [1.29, 1.82) is 0 Å². The number of hydrogen-bond donors (Lipinski definition) is 1. The summed E-state index contributed by atoms with van der Waals surface area (Å²) in [7, 11) is 0. The van der Waals surface area contributed by atoms with E-state index in [1.54, 1.807) is 11.8 Å². The van der Waals surface area contributed by atoms with Gasteiger partial charge in [0.1, 0.15) is 0 Å². The number of anilines is 2. The maximum Gasteiger partial charge on any atom is 0.255 e. The van der Waals surface area contributed by atoms with Crippen LogP contribution in [-0.2, 0) is 5.75 Å². The fourth-order valence-electron chi connectivity index (χ4n) is 3.14. The van der Waals surface area contributed by atoms with Crippen molar-refractivity contribution in [3.8, 4) is 0 Å². The number of nitrogens with one attached hydrogen (secondary N) is 1. The van der Waals surface area contributed by atoms with Gasteiger partial charge < -0.3 is 10.2 Å². The molecule has 1 N–H and O–H groups in total. The van der Waals surface area contributed by atoms with Crippen LogP contribution in [0.25, 0.3) is 0 Å². The van der Waals surface area contributed by atoms with Crippen LogP contribution < -0.4 is 10.2 Å². The molecule has 1 amide bonds. The third-order valence-corrected chi connectivity index (χ3v) is 5.42. The molecule has 0 bridgehead atoms. The summed E-state index contributed by atoms with van der Waals surface area (Å²) >= 11 is 1.78. The van der Waals surface area contributed by atoms with Crippen molar-refractivity contribution >= 4 is 29.0 Å². The van der Waals surface area contributed by atoms with E-state index in [4.69, 9.17) is 0 Å². The van der Waals surface area contributed by atoms with Crippen molar-refractivity contribution in [2.24, 2.45) is 5.92 Å². The van der Waals surface area contributed by atoms with Crippen molar-refractivity contribution in [2.45, 2.75) is 25.5 Å². The number of carbonyl (C=O) groups is 1. The van der Waals surface area contributed by atoms with Crippen LogP contribution in [-0.4, -0.2) is 25.3 Å². The van der Waals surface area contributed by atoms with Crippen LogP contribution in [0, 0.1) is 5.92 Å². The van der Waals surface area contributed by atoms with Gasteiger partial charge in [0.25, 0.3) is 5.91 Å². The summed E-state index contributed by atoms with van der Waals surface area (Å²) in [6, 6.07) is 16.0. The first kappa shape index (κ1) is 17.9. The summed E-state index contributed by atoms with van der Waals surface area (Å²) in [5.41, 5.74) is 4.02. The van der Waals surface area contributed by atoms with Gasteiger partial charge in [-0.15, -0.1) is 0 Å². The van der Waals surface area contributed by atoms with E-state index in [2.05, 4.69) is 35.5 Å². The van der Waals surface area contributed by atoms with E-state index >= 15 is 0 Å². The molecule has 0 aliphatic carbocycles. The van der Waals surface area contributed by atoms with Crippen molar-refractivity contribution in [2.75, 3.05) is 29.6 Å². The Morgan fingerprint density at radius 2 is 1.72 bits per heavy atom. The van der Waals surface area contributed by atoms with Crippen LogP contribution in [0.4, 0.5) is 11.4 Å². The molecule has 2 aromatic rings. The van der Waals surface area contributed by atoms with E-state index < -0.39 is 0 Å². The molecule has 3 nitrogen and oxygen atoms in total. The molecule has 0 aromatic heterocycles. The first-order chi connectivity index (χ1) is 12.2. The quantitative estimate of drug-likeness (QED) is 0.816. The second-order valence-electron chi connectivity index (χ2n) is 6.80. The first-order valence-electron chi connectivity index (χ1n) is 8.90. The van der Waals surface area contributed by atoms with Crippen molar-refractivity contribution < 1.29 is 4.79 Å². The zero-order valence-corrected chi connectivity index (χ0v) is 15.8. The fraction of sp³-hybridized carbons (Fsp3) is 0.381. The van der Waals surface area contributed by atoms with E-state index in [0.29, 0.717) is 5.56 Å². The number of hydrogen-bond acceptors (Lipinski definition) is 3. The minimum Gasteiger partial charge on any atom is -0.372 e. The van der Waals surface area contributed by atoms with Gasteiger partial charge >= 0.3 is 0 Å². The Balaban J connectivity index is 1.60. The maximum atomic E-state index is 12.4. The normalized spacial score (nSPS) is 15.2. The van der Waals surface area contributed by atoms with Gasteiger partial charge in [0, 0.05) is 35.8 Å². The Morgan fingerprint density at radius 3 is 2.32 bits per heavy atom. The monoisotopic (exact) mass is 354 g/mol. The molecule has 1 aliphatic rings. The zero-order valence-electron chi connectivity index (χ0n) is 15.0. The Labute approximate surface area is 154 Å². The molecule has 1 heterocycles. The molecule has 0 saturated carbocycles. The van der Waals surface area contributed by atoms with Crippen LogP contribution in [0.15, 0.2) is 48.5 Å². The second kappa shape index (κ2) is 8.43. The third kappa shape index (κ3) is 4.79. The SMILES string of the molecule is CSCc1ccc(C(=O)Nc2ccc(N3CCC(C)CC3)cc2)cc1. The standard InChI is InChI=1S/C21H26N2OS/c1-16-11-13-23(14-12-16)20-9-7-19(8-10-20)22-21(24)18-5-3-17(4-6-18)15-25-2/h3-10,16H,11-15H2,1-2H3,(H,22,24). The van der Waals surface area contributed by atoms with Gasteiger partial charge in [-0.25, -0.2) is 0 Å². The van der Waals surface area contributed by atoms with Crippen LogP contribution in [0.3, 0.4) is 0 Å². The number of amides is 1. The molecule has 0 radical (unpaired) electrons. The molecule has 1 saturated heterocycles. The Bertz CT molecular complexity index is 689. The molecule has 132 valence electrons. The van der Waals surface area contributed by atoms with Gasteiger partial charge in [-0.1, -0.05) is 19.1 Å². The van der Waals surface area contributed by atoms with E-state index in [1.165, 1.54) is 24.1 Å². The number of rotatable bonds is 5. The molecule has 3 rings (SSSR count). The van der Waals surface area contributed by atoms with E-state index in [9.17, 15) is 4.79 Å². The van der Waals surface area contributed by atoms with E-state index in [-0.39, 0.29) is 5.91 Å². The van der Waals surface area contributed by atoms with Gasteiger partial charge in [-0.2, -0.15) is 11.8 Å². The predicted molar refractivity (Wildman–Crippen MR) is 109 cm³/mol. The second-order valence-corrected chi connectivity index (χ2v) is 7.67. The summed E-state index contributed by atoms with van der Waals surface area (Å²) in [5.74, 6) is 1.74. The highest BCUT2D eigenvalue weighted by Gasteiger charge is 2.16. The van der Waals surface area contributed by atoms with Gasteiger partial charge in [-0.05, 0) is 67.0 Å². The molecule has 0 unspecified atom stereocenters. The lowest BCUT2D eigenvalue weighted by molar-refractivity contribution is 0.102. The summed E-state index contributed by atoms with van der Waals surface area (Å²) < 4.78 is 0. The summed E-state index contributed by atoms with van der Waals surface area (Å²) in [6.07, 6.45) is 4.59. The molecular formula is C21H26N2OS. The van der Waals surface area contributed by atoms with Crippen molar-refractivity contribution in [3.05, 3.63) is 59.7 Å². The van der Waals surface area contributed by atoms with Gasteiger partial charge in [0.15, 0.2) is 0 Å². The van der Waals surface area contributed by atoms with Gasteiger partial charge in [0.2, 0.25) is 0 Å². The molecule has 4 heteroatoms. The third-order valence-electron chi connectivity index (χ3n) is 4.80. The Hall–Kier alpha value is -1.94. The van der Waals surface area contributed by atoms with Crippen LogP contribution in [0.2, 0.25) is 0 Å². The largest absolute Gasteiger partial charge is 0.372 e. The summed E-state index contributed by atoms with van der Waals surface area (Å²) in [4.78, 5) is 14.8. The van der Waals surface area contributed by atoms with Gasteiger partial charge in [-0.3, -0.25) is 4.79 Å². The predicted octanol–water partition coefficient (Wildman–Crippen LogP) is 5.04. The lowest BCUT2D eigenvalue weighted by atomic mass is 9.99. The molecular weight excluding hydrogens is 328 g/mol. The molecule has 1 aliphatic heterocycles. The lowest BCUT2D eigenvalue weighted by Gasteiger charge is -2.32. The Morgan fingerprint density at radius 1 is 1.08 bits per heavy atom. The smallest absolute Gasteiger partial charge is 0.255 e. The average Bonchev–Trinajstić information content (AvgIpc) is 2.64. The average molecular weight is 355 g/mol. The minimum atomic E-state index is -0.0600. The number of nitrogens with zero attached hydrogens (tertiary/aromatic N) is 1. The van der Waals surface area contributed by atoms with Crippen LogP contribution >= 0.6 is 11.8 Å². The maximum absolute atomic E-state index is 12.4. The molecule has 0 atom stereocenters. The molecule has 2 aromatic carbocycles.